The van der Waals surface area contributed by atoms with Crippen LogP contribution in [0.5, 0.6) is 0 Å². The molecule has 0 aliphatic carbocycles. The minimum atomic E-state index is -0.362. The van der Waals surface area contributed by atoms with Crippen molar-refractivity contribution >= 4 is 17.7 Å². The van der Waals surface area contributed by atoms with Gasteiger partial charge in [0.05, 0.1) is 0 Å². The maximum absolute atomic E-state index is 11.7. The normalized spacial score (nSPS) is 14.3. The maximum atomic E-state index is 11.7. The van der Waals surface area contributed by atoms with Crippen molar-refractivity contribution in [2.75, 3.05) is 11.9 Å². The second-order valence-electron chi connectivity index (χ2n) is 3.43. The van der Waals surface area contributed by atoms with Gasteiger partial charge in [0, 0.05) is 33.3 Å². The molecule has 0 bridgehead atoms. The van der Waals surface area contributed by atoms with Crippen LogP contribution in [0.3, 0.4) is 0 Å². The summed E-state index contributed by atoms with van der Waals surface area (Å²) in [6.45, 7) is 0.678. The molecule has 80 valence electrons. The molecule has 0 fully saturated rings. The monoisotopic (exact) mass is 208 g/mol. The summed E-state index contributed by atoms with van der Waals surface area (Å²) in [5.41, 5.74) is -0.404. The van der Waals surface area contributed by atoms with E-state index in [2.05, 4.69) is 10.3 Å². The summed E-state index contributed by atoms with van der Waals surface area (Å²) in [4.78, 5) is 27.4. The molecule has 1 aliphatic heterocycles. The van der Waals surface area contributed by atoms with E-state index in [9.17, 15) is 9.59 Å². The topological polar surface area (TPSA) is 68.4 Å². The summed E-state index contributed by atoms with van der Waals surface area (Å²) >= 11 is 0. The molecule has 0 unspecified atom stereocenters. The molecule has 6 heteroatoms. The van der Waals surface area contributed by atoms with Gasteiger partial charge >= 0.3 is 5.69 Å². The van der Waals surface area contributed by atoms with Gasteiger partial charge in [-0.1, -0.05) is 0 Å². The number of fused-ring (bicyclic) bond motifs is 1. The van der Waals surface area contributed by atoms with Crippen LogP contribution < -0.4 is 16.6 Å². The van der Waals surface area contributed by atoms with Crippen LogP contribution in [-0.4, -0.2) is 21.9 Å². The summed E-state index contributed by atoms with van der Waals surface area (Å²) in [6.07, 6.45) is 2.43. The highest BCUT2D eigenvalue weighted by Crippen LogP contribution is 2.18. The molecule has 1 aromatic rings. The van der Waals surface area contributed by atoms with Crippen molar-refractivity contribution in [3.63, 3.8) is 0 Å². The van der Waals surface area contributed by atoms with E-state index in [4.69, 9.17) is 0 Å². The number of aliphatic imine (C=N–C) groups is 1. The van der Waals surface area contributed by atoms with Crippen LogP contribution in [0, 0.1) is 0 Å². The van der Waals surface area contributed by atoms with Gasteiger partial charge in [-0.25, -0.2) is 4.79 Å². The Morgan fingerprint density at radius 1 is 1.33 bits per heavy atom. The molecule has 0 saturated carbocycles. The van der Waals surface area contributed by atoms with E-state index in [0.29, 0.717) is 18.1 Å². The highest BCUT2D eigenvalue weighted by atomic mass is 16.2. The summed E-state index contributed by atoms with van der Waals surface area (Å²) in [5.74, 6) is 0.497. The quantitative estimate of drug-likeness (QED) is 0.631. The molecule has 2 heterocycles. The Hall–Kier alpha value is -1.85. The molecule has 0 spiro atoms. The van der Waals surface area contributed by atoms with Gasteiger partial charge in [0.25, 0.3) is 5.56 Å². The average Bonchev–Trinajstić information content (AvgIpc) is 2.48. The lowest BCUT2D eigenvalue weighted by atomic mass is 10.4. The number of rotatable bonds is 0. The third-order valence-corrected chi connectivity index (χ3v) is 2.43. The predicted molar refractivity (Wildman–Crippen MR) is 58.2 cm³/mol. The molecular formula is C9H12N4O2. The highest BCUT2D eigenvalue weighted by Gasteiger charge is 2.15. The largest absolute Gasteiger partial charge is 0.369 e. The molecule has 1 aromatic heterocycles. The Kier molecular flexibility index (Phi) is 2.18. The van der Waals surface area contributed by atoms with E-state index in [1.54, 1.807) is 13.3 Å². The van der Waals surface area contributed by atoms with Crippen LogP contribution >= 0.6 is 0 Å². The van der Waals surface area contributed by atoms with Crippen molar-refractivity contribution < 1.29 is 0 Å². The van der Waals surface area contributed by atoms with Gasteiger partial charge in [-0.3, -0.25) is 18.9 Å². The van der Waals surface area contributed by atoms with Crippen molar-refractivity contribution in [1.82, 2.24) is 9.13 Å². The Morgan fingerprint density at radius 3 is 2.80 bits per heavy atom. The van der Waals surface area contributed by atoms with Crippen molar-refractivity contribution in [2.45, 2.75) is 6.42 Å². The molecule has 2 rings (SSSR count). The Bertz CT molecular complexity index is 538. The Balaban J connectivity index is 2.87. The minimum Gasteiger partial charge on any atom is -0.369 e. The molecule has 0 amide bonds. The van der Waals surface area contributed by atoms with Gasteiger partial charge < -0.3 is 5.32 Å². The van der Waals surface area contributed by atoms with Crippen molar-refractivity contribution in [3.8, 4) is 0 Å². The molecule has 0 atom stereocenters. The first-order chi connectivity index (χ1) is 7.13. The lowest BCUT2D eigenvalue weighted by Crippen LogP contribution is -2.37. The first-order valence-corrected chi connectivity index (χ1v) is 4.69. The lowest BCUT2D eigenvalue weighted by Gasteiger charge is -2.11. The number of hydrogen-bond donors (Lipinski definition) is 1. The molecule has 1 aliphatic rings. The first-order valence-electron chi connectivity index (χ1n) is 4.69. The van der Waals surface area contributed by atoms with Gasteiger partial charge in [0.15, 0.2) is 5.69 Å². The van der Waals surface area contributed by atoms with Crippen LogP contribution in [0.4, 0.5) is 11.5 Å². The number of hydrogen-bond acceptors (Lipinski definition) is 4. The van der Waals surface area contributed by atoms with Crippen molar-refractivity contribution in [3.05, 3.63) is 20.8 Å². The lowest BCUT2D eigenvalue weighted by molar-refractivity contribution is 0.692. The molecule has 0 aromatic carbocycles. The second-order valence-corrected chi connectivity index (χ2v) is 3.43. The van der Waals surface area contributed by atoms with E-state index in [0.717, 1.165) is 11.0 Å². The molecule has 6 nitrogen and oxygen atoms in total. The highest BCUT2D eigenvalue weighted by molar-refractivity contribution is 5.72. The maximum Gasteiger partial charge on any atom is 0.332 e. The van der Waals surface area contributed by atoms with Gasteiger partial charge in [-0.2, -0.15) is 0 Å². The van der Waals surface area contributed by atoms with Gasteiger partial charge in [0.1, 0.15) is 5.82 Å². The predicted octanol–water partition coefficient (Wildman–Crippen LogP) is -0.398. The number of anilines is 1. The summed E-state index contributed by atoms with van der Waals surface area (Å²) in [5, 5.41) is 3.03. The third kappa shape index (κ3) is 1.38. The fourth-order valence-electron chi connectivity index (χ4n) is 1.56. The standard InChI is InChI=1S/C9H12N4O2/c1-12-7-6(10-4-3-5-11-7)8(14)13(2)9(12)15/h4,11H,3,5H2,1-2H3. The summed E-state index contributed by atoms with van der Waals surface area (Å²) in [6, 6.07) is 0. The fourth-order valence-corrected chi connectivity index (χ4v) is 1.56. The Morgan fingerprint density at radius 2 is 2.07 bits per heavy atom. The van der Waals surface area contributed by atoms with Crippen LogP contribution in [-0.2, 0) is 14.1 Å². The van der Waals surface area contributed by atoms with Gasteiger partial charge in [-0.05, 0) is 0 Å². The SMILES string of the molecule is Cn1c2c(c(=O)n(C)c1=O)N=CCCN2. The average molecular weight is 208 g/mol. The van der Waals surface area contributed by atoms with E-state index in [1.807, 2.05) is 0 Å². The zero-order chi connectivity index (χ0) is 11.0. The molecule has 1 N–H and O–H groups in total. The zero-order valence-corrected chi connectivity index (χ0v) is 8.65. The van der Waals surface area contributed by atoms with E-state index >= 15 is 0 Å². The minimum absolute atomic E-state index is 0.303. The zero-order valence-electron chi connectivity index (χ0n) is 8.65. The molecule has 0 saturated heterocycles. The van der Waals surface area contributed by atoms with Gasteiger partial charge in [-0.15, -0.1) is 0 Å². The summed E-state index contributed by atoms with van der Waals surface area (Å²) < 4.78 is 2.46. The number of nitrogens with one attached hydrogen (secondary N) is 1. The number of nitrogens with zero attached hydrogens (tertiary/aromatic N) is 3. The molecular weight excluding hydrogens is 196 g/mol. The van der Waals surface area contributed by atoms with Crippen LogP contribution in [0.15, 0.2) is 14.6 Å². The van der Waals surface area contributed by atoms with E-state index < -0.39 is 0 Å². The molecule has 15 heavy (non-hydrogen) atoms. The number of aromatic nitrogens is 2. The van der Waals surface area contributed by atoms with Crippen molar-refractivity contribution in [1.29, 1.82) is 0 Å². The van der Waals surface area contributed by atoms with Crippen LogP contribution in [0.25, 0.3) is 0 Å². The van der Waals surface area contributed by atoms with Crippen LogP contribution in [0.1, 0.15) is 6.42 Å². The fraction of sp³-hybridized carbons (Fsp3) is 0.444. The first kappa shape index (κ1) is 9.70. The third-order valence-electron chi connectivity index (χ3n) is 2.43. The van der Waals surface area contributed by atoms with Gasteiger partial charge in [0.2, 0.25) is 0 Å². The van der Waals surface area contributed by atoms with Crippen LogP contribution in [0.2, 0.25) is 0 Å². The Labute approximate surface area is 85.9 Å². The van der Waals surface area contributed by atoms with E-state index in [-0.39, 0.29) is 11.2 Å². The smallest absolute Gasteiger partial charge is 0.332 e. The second kappa shape index (κ2) is 3.38. The van der Waals surface area contributed by atoms with Crippen molar-refractivity contribution in [2.24, 2.45) is 19.1 Å². The summed E-state index contributed by atoms with van der Waals surface area (Å²) in [7, 11) is 3.07. The van der Waals surface area contributed by atoms with E-state index in [1.165, 1.54) is 11.6 Å². The molecule has 0 radical (unpaired) electrons.